The minimum atomic E-state index is -0.125. The van der Waals surface area contributed by atoms with E-state index in [-0.39, 0.29) is 5.56 Å². The number of nitrogens with one attached hydrogen (secondary N) is 1. The SMILES string of the molecule is Cc1ccc(-c2nc3nc(CN4CCN(C)CC4)cc(=O)n3[nH]2)cc1. The molecule has 4 rings (SSSR count). The van der Waals surface area contributed by atoms with E-state index in [1.54, 1.807) is 6.07 Å². The Balaban J connectivity index is 1.63. The molecular formula is C18H22N6O. The molecular weight excluding hydrogens is 316 g/mol. The summed E-state index contributed by atoms with van der Waals surface area (Å²) in [6.07, 6.45) is 0. The maximum atomic E-state index is 12.4. The zero-order valence-electron chi connectivity index (χ0n) is 14.6. The number of aryl methyl sites for hydroxylation is 1. The van der Waals surface area contributed by atoms with E-state index >= 15 is 0 Å². The Morgan fingerprint density at radius 2 is 1.80 bits per heavy atom. The van der Waals surface area contributed by atoms with E-state index in [1.807, 2.05) is 31.2 Å². The van der Waals surface area contributed by atoms with Crippen LogP contribution in [0.4, 0.5) is 0 Å². The Kier molecular flexibility index (Phi) is 4.10. The van der Waals surface area contributed by atoms with Crippen LogP contribution < -0.4 is 5.56 Å². The molecule has 2 aromatic heterocycles. The van der Waals surface area contributed by atoms with Crippen LogP contribution >= 0.6 is 0 Å². The molecule has 1 N–H and O–H groups in total. The van der Waals surface area contributed by atoms with Gasteiger partial charge < -0.3 is 4.90 Å². The van der Waals surface area contributed by atoms with Crippen LogP contribution in [-0.4, -0.2) is 62.6 Å². The van der Waals surface area contributed by atoms with Crippen molar-refractivity contribution >= 4 is 5.78 Å². The third kappa shape index (κ3) is 3.33. The van der Waals surface area contributed by atoms with Gasteiger partial charge in [0.25, 0.3) is 11.3 Å². The third-order valence-corrected chi connectivity index (χ3v) is 4.69. The zero-order valence-corrected chi connectivity index (χ0v) is 14.6. The fraction of sp³-hybridized carbons (Fsp3) is 0.389. The van der Waals surface area contributed by atoms with E-state index in [2.05, 4.69) is 31.9 Å². The van der Waals surface area contributed by atoms with Crippen LogP contribution in [0.15, 0.2) is 35.1 Å². The third-order valence-electron chi connectivity index (χ3n) is 4.69. The number of rotatable bonds is 3. The Bertz CT molecular complexity index is 934. The number of hydrogen-bond donors (Lipinski definition) is 1. The molecule has 1 aromatic carbocycles. The summed E-state index contributed by atoms with van der Waals surface area (Å²) in [6.45, 7) is 6.80. The standard InChI is InChI=1S/C18H22N6O/c1-13-3-5-14(6-4-13)17-20-18-19-15(11-16(25)24(18)21-17)12-23-9-7-22(2)8-10-23/h3-6,11H,7-10,12H2,1-2H3,(H,19,20,21). The van der Waals surface area contributed by atoms with Gasteiger partial charge in [0.2, 0.25) is 0 Å². The van der Waals surface area contributed by atoms with Crippen molar-refractivity contribution in [3.05, 3.63) is 51.9 Å². The number of nitrogens with zero attached hydrogens (tertiary/aromatic N) is 5. The van der Waals surface area contributed by atoms with Gasteiger partial charge >= 0.3 is 0 Å². The minimum absolute atomic E-state index is 0.125. The van der Waals surface area contributed by atoms with Crippen molar-refractivity contribution in [1.29, 1.82) is 0 Å². The van der Waals surface area contributed by atoms with Gasteiger partial charge in [-0.05, 0) is 14.0 Å². The van der Waals surface area contributed by atoms with Gasteiger partial charge in [-0.3, -0.25) is 14.8 Å². The molecule has 1 fully saturated rings. The van der Waals surface area contributed by atoms with Crippen LogP contribution in [0.5, 0.6) is 0 Å². The zero-order chi connectivity index (χ0) is 17.4. The highest BCUT2D eigenvalue weighted by atomic mass is 16.1. The molecule has 1 saturated heterocycles. The molecule has 0 saturated carbocycles. The lowest BCUT2D eigenvalue weighted by molar-refractivity contribution is 0.147. The molecule has 0 unspecified atom stereocenters. The number of piperazine rings is 1. The van der Waals surface area contributed by atoms with Crippen molar-refractivity contribution in [2.45, 2.75) is 13.5 Å². The normalized spacial score (nSPS) is 16.6. The maximum Gasteiger partial charge on any atom is 0.274 e. The second kappa shape index (κ2) is 6.42. The van der Waals surface area contributed by atoms with Crippen LogP contribution in [0.3, 0.4) is 0 Å². The van der Waals surface area contributed by atoms with Crippen molar-refractivity contribution in [2.75, 3.05) is 33.2 Å². The molecule has 130 valence electrons. The Morgan fingerprint density at radius 3 is 2.52 bits per heavy atom. The average molecular weight is 338 g/mol. The van der Waals surface area contributed by atoms with Gasteiger partial charge in [0.15, 0.2) is 5.82 Å². The Morgan fingerprint density at radius 1 is 1.08 bits per heavy atom. The first-order chi connectivity index (χ1) is 12.1. The van der Waals surface area contributed by atoms with Crippen LogP contribution in [0.2, 0.25) is 0 Å². The molecule has 3 aromatic rings. The number of fused-ring (bicyclic) bond motifs is 1. The fourth-order valence-electron chi connectivity index (χ4n) is 3.08. The molecule has 1 aliphatic rings. The van der Waals surface area contributed by atoms with Crippen molar-refractivity contribution in [3.63, 3.8) is 0 Å². The van der Waals surface area contributed by atoms with E-state index in [0.717, 1.165) is 37.4 Å². The van der Waals surface area contributed by atoms with Gasteiger partial charge in [-0.15, -0.1) is 0 Å². The first kappa shape index (κ1) is 16.0. The second-order valence-corrected chi connectivity index (χ2v) is 6.74. The Hall–Kier alpha value is -2.51. The summed E-state index contributed by atoms with van der Waals surface area (Å²) < 4.78 is 1.41. The second-order valence-electron chi connectivity index (χ2n) is 6.74. The summed E-state index contributed by atoms with van der Waals surface area (Å²) >= 11 is 0. The lowest BCUT2D eigenvalue weighted by Gasteiger charge is -2.31. The van der Waals surface area contributed by atoms with E-state index in [4.69, 9.17) is 0 Å². The van der Waals surface area contributed by atoms with Crippen molar-refractivity contribution in [3.8, 4) is 11.4 Å². The molecule has 3 heterocycles. The minimum Gasteiger partial charge on any atom is -0.304 e. The Labute approximate surface area is 145 Å². The molecule has 0 aliphatic carbocycles. The maximum absolute atomic E-state index is 12.4. The molecule has 0 atom stereocenters. The predicted molar refractivity (Wildman–Crippen MR) is 96.6 cm³/mol. The fourth-order valence-corrected chi connectivity index (χ4v) is 3.08. The quantitative estimate of drug-likeness (QED) is 0.776. The molecule has 0 radical (unpaired) electrons. The van der Waals surface area contributed by atoms with Gasteiger partial charge in [-0.2, -0.15) is 9.50 Å². The molecule has 25 heavy (non-hydrogen) atoms. The highest BCUT2D eigenvalue weighted by Crippen LogP contribution is 2.16. The van der Waals surface area contributed by atoms with E-state index in [9.17, 15) is 4.79 Å². The van der Waals surface area contributed by atoms with E-state index in [0.29, 0.717) is 18.1 Å². The summed E-state index contributed by atoms with van der Waals surface area (Å²) in [6, 6.07) is 9.63. The molecule has 0 bridgehead atoms. The molecule has 0 spiro atoms. The number of likely N-dealkylation sites (N-methyl/N-ethyl adjacent to an activating group) is 1. The highest BCUT2D eigenvalue weighted by Gasteiger charge is 2.16. The van der Waals surface area contributed by atoms with E-state index < -0.39 is 0 Å². The predicted octanol–water partition coefficient (Wildman–Crippen LogP) is 1.14. The highest BCUT2D eigenvalue weighted by molar-refractivity contribution is 5.57. The first-order valence-electron chi connectivity index (χ1n) is 8.55. The van der Waals surface area contributed by atoms with Gasteiger partial charge in [-0.25, -0.2) is 4.98 Å². The van der Waals surface area contributed by atoms with Gasteiger partial charge in [0.1, 0.15) is 0 Å². The number of aromatic nitrogens is 4. The van der Waals surface area contributed by atoms with Crippen LogP contribution in [-0.2, 0) is 6.54 Å². The lowest BCUT2D eigenvalue weighted by atomic mass is 10.1. The van der Waals surface area contributed by atoms with Crippen LogP contribution in [0.1, 0.15) is 11.3 Å². The number of H-pyrrole nitrogens is 1. The summed E-state index contributed by atoms with van der Waals surface area (Å²) in [4.78, 5) is 26.1. The van der Waals surface area contributed by atoms with Crippen molar-refractivity contribution < 1.29 is 0 Å². The van der Waals surface area contributed by atoms with Crippen molar-refractivity contribution in [1.82, 2.24) is 29.4 Å². The largest absolute Gasteiger partial charge is 0.304 e. The van der Waals surface area contributed by atoms with Crippen molar-refractivity contribution in [2.24, 2.45) is 0 Å². The van der Waals surface area contributed by atoms with Crippen LogP contribution in [0, 0.1) is 6.92 Å². The number of hydrogen-bond acceptors (Lipinski definition) is 5. The molecule has 0 amide bonds. The summed E-state index contributed by atoms with van der Waals surface area (Å²) in [5.41, 5.74) is 2.78. The summed E-state index contributed by atoms with van der Waals surface area (Å²) in [5, 5.41) is 3.05. The molecule has 1 aliphatic heterocycles. The van der Waals surface area contributed by atoms with Gasteiger partial charge in [-0.1, -0.05) is 29.8 Å². The summed E-state index contributed by atoms with van der Waals surface area (Å²) in [5.74, 6) is 1.08. The molecule has 7 nitrogen and oxygen atoms in total. The average Bonchev–Trinajstić information content (AvgIpc) is 3.02. The van der Waals surface area contributed by atoms with E-state index in [1.165, 1.54) is 10.1 Å². The molecule has 7 heteroatoms. The lowest BCUT2D eigenvalue weighted by Crippen LogP contribution is -2.44. The first-order valence-corrected chi connectivity index (χ1v) is 8.55. The van der Waals surface area contributed by atoms with Gasteiger partial charge in [0, 0.05) is 44.4 Å². The topological polar surface area (TPSA) is 69.5 Å². The van der Waals surface area contributed by atoms with Gasteiger partial charge in [0.05, 0.1) is 5.69 Å². The number of benzene rings is 1. The smallest absolute Gasteiger partial charge is 0.274 e. The monoisotopic (exact) mass is 338 g/mol. The van der Waals surface area contributed by atoms with Crippen LogP contribution in [0.25, 0.3) is 17.2 Å². The number of aromatic amines is 1. The summed E-state index contributed by atoms with van der Waals surface area (Å²) in [7, 11) is 2.13.